The molecule has 0 aliphatic carbocycles. The monoisotopic (exact) mass is 351 g/mol. The van der Waals surface area contributed by atoms with Crippen LogP contribution < -0.4 is 10.1 Å². The van der Waals surface area contributed by atoms with Gasteiger partial charge in [-0.05, 0) is 49.2 Å². The molecule has 0 fully saturated rings. The second-order valence-corrected chi connectivity index (χ2v) is 6.51. The fourth-order valence-corrected chi connectivity index (χ4v) is 2.53. The molecule has 0 unspecified atom stereocenters. The van der Waals surface area contributed by atoms with Crippen molar-refractivity contribution in [1.29, 1.82) is 0 Å². The van der Waals surface area contributed by atoms with Crippen LogP contribution in [0.25, 0.3) is 0 Å². The Bertz CT molecular complexity index is 578. The van der Waals surface area contributed by atoms with Crippen molar-refractivity contribution < 1.29 is 9.15 Å². The zero-order valence-corrected chi connectivity index (χ0v) is 14.4. The summed E-state index contributed by atoms with van der Waals surface area (Å²) in [6, 6.07) is 8.00. The van der Waals surface area contributed by atoms with Gasteiger partial charge in [-0.25, -0.2) is 0 Å². The highest BCUT2D eigenvalue weighted by atomic mass is 79.9. The molecule has 1 heterocycles. The standard InChI is InChI=1S/C17H22BrNO2/c1-12(2)9-19-10-17-14(6-7-20-17)11-21-16-5-4-15(18)8-13(16)3/h4-8,12,19H,9-11H2,1-3H3. The van der Waals surface area contributed by atoms with Gasteiger partial charge in [0.25, 0.3) is 0 Å². The Morgan fingerprint density at radius 2 is 2.10 bits per heavy atom. The molecule has 0 radical (unpaired) electrons. The number of rotatable bonds is 7. The summed E-state index contributed by atoms with van der Waals surface area (Å²) in [4.78, 5) is 0. The van der Waals surface area contributed by atoms with Gasteiger partial charge in [0.1, 0.15) is 18.1 Å². The molecule has 0 bridgehead atoms. The van der Waals surface area contributed by atoms with Gasteiger partial charge in [0.2, 0.25) is 0 Å². The lowest BCUT2D eigenvalue weighted by atomic mass is 10.2. The first-order valence-corrected chi connectivity index (χ1v) is 8.00. The lowest BCUT2D eigenvalue weighted by molar-refractivity contribution is 0.299. The average Bonchev–Trinajstić information content (AvgIpc) is 2.85. The first-order valence-electron chi connectivity index (χ1n) is 7.21. The lowest BCUT2D eigenvalue weighted by Crippen LogP contribution is -2.19. The molecule has 0 aliphatic heterocycles. The SMILES string of the molecule is Cc1cc(Br)ccc1OCc1ccoc1CNCC(C)C. The number of halogens is 1. The predicted octanol–water partition coefficient (Wildman–Crippen LogP) is 4.68. The minimum absolute atomic E-state index is 0.525. The molecular weight excluding hydrogens is 330 g/mol. The van der Waals surface area contributed by atoms with E-state index >= 15 is 0 Å². The first kappa shape index (κ1) is 16.1. The molecule has 3 nitrogen and oxygen atoms in total. The molecule has 1 aromatic heterocycles. The largest absolute Gasteiger partial charge is 0.489 e. The highest BCUT2D eigenvalue weighted by molar-refractivity contribution is 9.10. The Hall–Kier alpha value is -1.26. The van der Waals surface area contributed by atoms with Crippen molar-refractivity contribution in [2.24, 2.45) is 5.92 Å². The normalized spacial score (nSPS) is 11.1. The fraction of sp³-hybridized carbons (Fsp3) is 0.412. The average molecular weight is 352 g/mol. The number of ether oxygens (including phenoxy) is 1. The number of nitrogens with one attached hydrogen (secondary N) is 1. The second-order valence-electron chi connectivity index (χ2n) is 5.59. The summed E-state index contributed by atoms with van der Waals surface area (Å²) in [5.74, 6) is 2.48. The Labute approximate surface area is 134 Å². The van der Waals surface area contributed by atoms with Crippen molar-refractivity contribution in [3.8, 4) is 5.75 Å². The van der Waals surface area contributed by atoms with Crippen LogP contribution in [-0.2, 0) is 13.2 Å². The third-order valence-corrected chi connectivity index (χ3v) is 3.69. The van der Waals surface area contributed by atoms with Gasteiger partial charge in [0.05, 0.1) is 12.8 Å². The van der Waals surface area contributed by atoms with Gasteiger partial charge >= 0.3 is 0 Å². The summed E-state index contributed by atoms with van der Waals surface area (Å²) in [6.45, 7) is 8.67. The van der Waals surface area contributed by atoms with E-state index in [4.69, 9.17) is 9.15 Å². The van der Waals surface area contributed by atoms with Gasteiger partial charge in [0.15, 0.2) is 0 Å². The summed E-state index contributed by atoms with van der Waals surface area (Å²) in [7, 11) is 0. The summed E-state index contributed by atoms with van der Waals surface area (Å²) in [6.07, 6.45) is 1.72. The molecule has 0 saturated carbocycles. The Kier molecular flexibility index (Phi) is 5.88. The Morgan fingerprint density at radius 1 is 1.29 bits per heavy atom. The van der Waals surface area contributed by atoms with E-state index in [1.54, 1.807) is 6.26 Å². The topological polar surface area (TPSA) is 34.4 Å². The Morgan fingerprint density at radius 3 is 2.81 bits per heavy atom. The van der Waals surface area contributed by atoms with Crippen molar-refractivity contribution in [2.75, 3.05) is 6.54 Å². The third kappa shape index (κ3) is 4.90. The van der Waals surface area contributed by atoms with E-state index in [1.807, 2.05) is 25.1 Å². The van der Waals surface area contributed by atoms with E-state index in [0.29, 0.717) is 12.5 Å². The van der Waals surface area contributed by atoms with Crippen molar-refractivity contribution in [1.82, 2.24) is 5.32 Å². The first-order chi connectivity index (χ1) is 10.1. The summed E-state index contributed by atoms with van der Waals surface area (Å²) in [5.41, 5.74) is 2.21. The molecular formula is C17H22BrNO2. The number of benzene rings is 1. The maximum absolute atomic E-state index is 5.90. The van der Waals surface area contributed by atoms with Crippen LogP contribution in [0.4, 0.5) is 0 Å². The highest BCUT2D eigenvalue weighted by Crippen LogP contribution is 2.23. The van der Waals surface area contributed by atoms with Gasteiger partial charge in [-0.15, -0.1) is 0 Å². The smallest absolute Gasteiger partial charge is 0.124 e. The summed E-state index contributed by atoms with van der Waals surface area (Å²) >= 11 is 3.46. The summed E-state index contributed by atoms with van der Waals surface area (Å²) in [5, 5.41) is 3.39. The number of furan rings is 1. The van der Waals surface area contributed by atoms with Crippen LogP contribution in [-0.4, -0.2) is 6.54 Å². The van der Waals surface area contributed by atoms with Crippen LogP contribution >= 0.6 is 15.9 Å². The lowest BCUT2D eigenvalue weighted by Gasteiger charge is -2.10. The van der Waals surface area contributed by atoms with Gasteiger partial charge in [0, 0.05) is 10.0 Å². The number of hydrogen-bond donors (Lipinski definition) is 1. The maximum Gasteiger partial charge on any atom is 0.124 e. The van der Waals surface area contributed by atoms with E-state index in [0.717, 1.165) is 40.2 Å². The van der Waals surface area contributed by atoms with E-state index in [9.17, 15) is 0 Å². The molecule has 0 aliphatic rings. The van der Waals surface area contributed by atoms with Gasteiger partial charge in [-0.1, -0.05) is 29.8 Å². The van der Waals surface area contributed by atoms with Gasteiger partial charge < -0.3 is 14.5 Å². The molecule has 0 spiro atoms. The molecule has 0 atom stereocenters. The minimum atomic E-state index is 0.525. The summed E-state index contributed by atoms with van der Waals surface area (Å²) < 4.78 is 12.5. The van der Waals surface area contributed by atoms with E-state index in [-0.39, 0.29) is 0 Å². The van der Waals surface area contributed by atoms with E-state index in [2.05, 4.69) is 41.2 Å². The molecule has 1 N–H and O–H groups in total. The van der Waals surface area contributed by atoms with Crippen LogP contribution in [0.3, 0.4) is 0 Å². The van der Waals surface area contributed by atoms with Crippen LogP contribution in [0.1, 0.15) is 30.7 Å². The van der Waals surface area contributed by atoms with Gasteiger partial charge in [-0.3, -0.25) is 0 Å². The molecule has 2 rings (SSSR count). The molecule has 1 aromatic carbocycles. The number of aryl methyl sites for hydroxylation is 1. The van der Waals surface area contributed by atoms with Crippen LogP contribution in [0.2, 0.25) is 0 Å². The van der Waals surface area contributed by atoms with E-state index < -0.39 is 0 Å². The highest BCUT2D eigenvalue weighted by Gasteiger charge is 2.08. The molecule has 0 amide bonds. The van der Waals surface area contributed by atoms with Crippen molar-refractivity contribution >= 4 is 15.9 Å². The van der Waals surface area contributed by atoms with Crippen LogP contribution in [0.5, 0.6) is 5.75 Å². The van der Waals surface area contributed by atoms with Gasteiger partial charge in [-0.2, -0.15) is 0 Å². The molecule has 0 saturated heterocycles. The quantitative estimate of drug-likeness (QED) is 0.786. The Balaban J connectivity index is 1.92. The minimum Gasteiger partial charge on any atom is -0.489 e. The fourth-order valence-electron chi connectivity index (χ4n) is 2.06. The molecule has 2 aromatic rings. The van der Waals surface area contributed by atoms with Crippen molar-refractivity contribution in [2.45, 2.75) is 33.9 Å². The van der Waals surface area contributed by atoms with Crippen molar-refractivity contribution in [3.05, 3.63) is 51.9 Å². The molecule has 114 valence electrons. The third-order valence-electron chi connectivity index (χ3n) is 3.20. The zero-order valence-electron chi connectivity index (χ0n) is 12.8. The number of hydrogen-bond acceptors (Lipinski definition) is 3. The van der Waals surface area contributed by atoms with Crippen LogP contribution in [0, 0.1) is 12.8 Å². The predicted molar refractivity (Wildman–Crippen MR) is 88.5 cm³/mol. The second kappa shape index (κ2) is 7.66. The van der Waals surface area contributed by atoms with Crippen LogP contribution in [0.15, 0.2) is 39.4 Å². The maximum atomic E-state index is 5.90. The molecule has 21 heavy (non-hydrogen) atoms. The van der Waals surface area contributed by atoms with E-state index in [1.165, 1.54) is 0 Å². The van der Waals surface area contributed by atoms with Crippen molar-refractivity contribution in [3.63, 3.8) is 0 Å². The zero-order chi connectivity index (χ0) is 15.2. The molecule has 4 heteroatoms.